The van der Waals surface area contributed by atoms with E-state index in [1.54, 1.807) is 0 Å². The lowest BCUT2D eigenvalue weighted by Crippen LogP contribution is -2.50. The molecule has 4 atom stereocenters. The summed E-state index contributed by atoms with van der Waals surface area (Å²) in [6.07, 6.45) is 5.01. The van der Waals surface area contributed by atoms with Crippen molar-refractivity contribution in [1.29, 1.82) is 0 Å². The fourth-order valence-electron chi connectivity index (χ4n) is 4.28. The zero-order valence-corrected chi connectivity index (χ0v) is 14.9. The Balaban J connectivity index is 1.58. The van der Waals surface area contributed by atoms with Gasteiger partial charge in [0, 0.05) is 0 Å². The van der Waals surface area contributed by atoms with E-state index in [0.29, 0.717) is 17.6 Å². The van der Waals surface area contributed by atoms with Crippen molar-refractivity contribution in [2.24, 2.45) is 23.7 Å². The topological polar surface area (TPSA) is 63.7 Å². The first-order valence-corrected chi connectivity index (χ1v) is 8.74. The minimum absolute atomic E-state index is 0.0217. The van der Waals surface area contributed by atoms with Gasteiger partial charge in [-0.3, -0.25) is 14.5 Å². The molecule has 2 fully saturated rings. The number of amides is 2. The second-order valence-corrected chi connectivity index (χ2v) is 8.18. The van der Waals surface area contributed by atoms with Gasteiger partial charge in [-0.1, -0.05) is 12.2 Å². The normalized spacial score (nSPS) is 31.3. The van der Waals surface area contributed by atoms with Gasteiger partial charge in [0.05, 0.1) is 45.1 Å². The fourth-order valence-corrected chi connectivity index (χ4v) is 4.28. The van der Waals surface area contributed by atoms with Gasteiger partial charge in [0.15, 0.2) is 6.54 Å². The third-order valence-electron chi connectivity index (χ3n) is 5.41. The summed E-state index contributed by atoms with van der Waals surface area (Å²) >= 11 is 0. The van der Waals surface area contributed by atoms with Crippen molar-refractivity contribution in [3.63, 3.8) is 0 Å². The molecule has 2 aliphatic carbocycles. The number of likely N-dealkylation sites (N-methyl/N-ethyl adjacent to an activating group) is 1. The molecular weight excluding hydrogens is 308 g/mol. The van der Waals surface area contributed by atoms with Gasteiger partial charge in [-0.2, -0.15) is 0 Å². The number of imide groups is 1. The van der Waals surface area contributed by atoms with Crippen LogP contribution in [0.3, 0.4) is 0 Å². The van der Waals surface area contributed by atoms with E-state index in [1.165, 1.54) is 4.90 Å². The highest BCUT2D eigenvalue weighted by Crippen LogP contribution is 2.52. The fraction of sp³-hybridized carbons (Fsp3) is 0.722. The molecule has 0 aromatic heterocycles. The molecule has 0 unspecified atom stereocenters. The van der Waals surface area contributed by atoms with Gasteiger partial charge in [-0.25, -0.2) is 4.79 Å². The van der Waals surface area contributed by atoms with Gasteiger partial charge in [-0.05, 0) is 32.1 Å². The van der Waals surface area contributed by atoms with Crippen LogP contribution in [-0.4, -0.2) is 67.0 Å². The van der Waals surface area contributed by atoms with Crippen molar-refractivity contribution >= 4 is 17.8 Å². The van der Waals surface area contributed by atoms with E-state index < -0.39 is 0 Å². The highest BCUT2D eigenvalue weighted by atomic mass is 16.5. The van der Waals surface area contributed by atoms with Gasteiger partial charge in [0.25, 0.3) is 0 Å². The number of allylic oxidation sites excluding steroid dienone is 2. The Hall–Kier alpha value is -1.69. The number of likely N-dealkylation sites (tertiary alicyclic amines) is 1. The van der Waals surface area contributed by atoms with Crippen LogP contribution < -0.4 is 0 Å². The Labute approximate surface area is 143 Å². The lowest BCUT2D eigenvalue weighted by molar-refractivity contribution is -0.882. The average Bonchev–Trinajstić information content (AvgIpc) is 3.10. The predicted octanol–water partition coefficient (Wildman–Crippen LogP) is 0.821. The molecular formula is C18H27N2O4+. The van der Waals surface area contributed by atoms with E-state index in [9.17, 15) is 14.4 Å². The summed E-state index contributed by atoms with van der Waals surface area (Å²) in [4.78, 5) is 38.6. The van der Waals surface area contributed by atoms with Gasteiger partial charge < -0.3 is 9.22 Å². The molecule has 0 aromatic rings. The monoisotopic (exact) mass is 335 g/mol. The number of fused-ring (bicyclic) bond motifs is 5. The van der Waals surface area contributed by atoms with Gasteiger partial charge in [-0.15, -0.1) is 0 Å². The maximum Gasteiger partial charge on any atom is 0.362 e. The standard InChI is InChI=1S/C18H27N2O4/c1-11(2)24-14(21)10-20(3,4)8-7-19-17(22)15-12-5-6-13(9-12)16(15)18(19)23/h5-6,11-13,15-16H,7-10H2,1-4H3/q+1/t12-,13-,15+,16+/m1/s1. The van der Waals surface area contributed by atoms with Crippen molar-refractivity contribution < 1.29 is 23.6 Å². The smallest absolute Gasteiger partial charge is 0.362 e. The highest BCUT2D eigenvalue weighted by molar-refractivity contribution is 6.06. The Morgan fingerprint density at radius 3 is 2.25 bits per heavy atom. The zero-order chi connectivity index (χ0) is 17.6. The molecule has 6 heteroatoms. The van der Waals surface area contributed by atoms with Gasteiger partial charge >= 0.3 is 5.97 Å². The van der Waals surface area contributed by atoms with Crippen LogP contribution in [0.2, 0.25) is 0 Å². The lowest BCUT2D eigenvalue weighted by Gasteiger charge is -2.30. The van der Waals surface area contributed by atoms with Crippen LogP contribution in [-0.2, 0) is 19.1 Å². The average molecular weight is 335 g/mol. The van der Waals surface area contributed by atoms with E-state index >= 15 is 0 Å². The molecule has 132 valence electrons. The quantitative estimate of drug-likeness (QED) is 0.312. The van der Waals surface area contributed by atoms with Crippen LogP contribution in [0.5, 0.6) is 0 Å². The second kappa shape index (κ2) is 5.99. The van der Waals surface area contributed by atoms with Crippen LogP contribution in [0.25, 0.3) is 0 Å². The summed E-state index contributed by atoms with van der Waals surface area (Å²) in [5.74, 6) is -0.107. The van der Waals surface area contributed by atoms with E-state index in [2.05, 4.69) is 12.2 Å². The molecule has 1 aliphatic heterocycles. The first kappa shape index (κ1) is 17.1. The molecule has 6 nitrogen and oxygen atoms in total. The molecule has 2 bridgehead atoms. The van der Waals surface area contributed by atoms with Crippen LogP contribution in [0.1, 0.15) is 20.3 Å². The van der Waals surface area contributed by atoms with Crippen molar-refractivity contribution in [2.45, 2.75) is 26.4 Å². The third kappa shape index (κ3) is 2.99. The number of nitrogens with zero attached hydrogens (tertiary/aromatic N) is 2. The largest absolute Gasteiger partial charge is 0.459 e. The van der Waals surface area contributed by atoms with Crippen molar-refractivity contribution in [2.75, 3.05) is 33.7 Å². The summed E-state index contributed by atoms with van der Waals surface area (Å²) in [5, 5.41) is 0. The molecule has 0 spiro atoms. The minimum atomic E-state index is -0.256. The molecule has 3 rings (SSSR count). The maximum atomic E-state index is 12.6. The predicted molar refractivity (Wildman–Crippen MR) is 87.5 cm³/mol. The zero-order valence-electron chi connectivity index (χ0n) is 14.9. The Kier molecular flexibility index (Phi) is 4.28. The Morgan fingerprint density at radius 2 is 1.75 bits per heavy atom. The SMILES string of the molecule is CC(C)OC(=O)C[N+](C)(C)CCN1C(=O)[C@@H]2[C@@H](C1=O)[C@@H]1C=C[C@@H]2C1. The number of carbonyl (C=O) groups excluding carboxylic acids is 3. The molecule has 0 radical (unpaired) electrons. The van der Waals surface area contributed by atoms with Crippen LogP contribution >= 0.6 is 0 Å². The molecule has 3 aliphatic rings. The Morgan fingerprint density at radius 1 is 1.21 bits per heavy atom. The first-order valence-electron chi connectivity index (χ1n) is 8.74. The molecule has 1 saturated heterocycles. The number of carbonyl (C=O) groups is 3. The molecule has 24 heavy (non-hydrogen) atoms. The minimum Gasteiger partial charge on any atom is -0.459 e. The number of hydrogen-bond donors (Lipinski definition) is 0. The highest BCUT2D eigenvalue weighted by Gasteiger charge is 2.59. The second-order valence-electron chi connectivity index (χ2n) is 8.18. The number of esters is 1. The number of quaternary nitrogens is 1. The van der Waals surface area contributed by atoms with Crippen LogP contribution in [0, 0.1) is 23.7 Å². The number of rotatable bonds is 6. The molecule has 2 amide bonds. The number of hydrogen-bond acceptors (Lipinski definition) is 4. The summed E-state index contributed by atoms with van der Waals surface area (Å²) in [6.45, 7) is 4.79. The van der Waals surface area contributed by atoms with Gasteiger partial charge in [0.1, 0.15) is 0 Å². The van der Waals surface area contributed by atoms with Crippen molar-refractivity contribution in [3.05, 3.63) is 12.2 Å². The van der Waals surface area contributed by atoms with Crippen LogP contribution in [0.4, 0.5) is 0 Å². The summed E-state index contributed by atoms with van der Waals surface area (Å²) in [5.41, 5.74) is 0. The van der Waals surface area contributed by atoms with E-state index in [0.717, 1.165) is 6.42 Å². The molecule has 1 heterocycles. The summed E-state index contributed by atoms with van der Waals surface area (Å²) in [6, 6.07) is 0. The molecule has 1 saturated carbocycles. The van der Waals surface area contributed by atoms with Gasteiger partial charge in [0.2, 0.25) is 11.8 Å². The number of ether oxygens (including phenoxy) is 1. The maximum absolute atomic E-state index is 12.6. The van der Waals surface area contributed by atoms with Crippen molar-refractivity contribution in [3.8, 4) is 0 Å². The van der Waals surface area contributed by atoms with E-state index in [-0.39, 0.29) is 54.1 Å². The lowest BCUT2D eigenvalue weighted by atomic mass is 9.85. The first-order chi connectivity index (χ1) is 11.2. The van der Waals surface area contributed by atoms with Crippen LogP contribution in [0.15, 0.2) is 12.2 Å². The third-order valence-corrected chi connectivity index (χ3v) is 5.41. The van der Waals surface area contributed by atoms with E-state index in [1.807, 2.05) is 27.9 Å². The summed E-state index contributed by atoms with van der Waals surface area (Å²) in [7, 11) is 3.83. The van der Waals surface area contributed by atoms with Crippen molar-refractivity contribution in [1.82, 2.24) is 4.90 Å². The molecule has 0 aromatic carbocycles. The summed E-state index contributed by atoms with van der Waals surface area (Å²) < 4.78 is 5.58. The van der Waals surface area contributed by atoms with E-state index in [4.69, 9.17) is 4.74 Å². The molecule has 0 N–H and O–H groups in total. The Bertz CT molecular complexity index is 566.